The van der Waals surface area contributed by atoms with Crippen molar-refractivity contribution in [2.24, 2.45) is 0 Å². The van der Waals surface area contributed by atoms with Gasteiger partial charge in [-0.2, -0.15) is 0 Å². The molecule has 1 aromatic rings. The van der Waals surface area contributed by atoms with Crippen LogP contribution in [0.2, 0.25) is 0 Å². The first-order valence-corrected chi connectivity index (χ1v) is 7.13. The van der Waals surface area contributed by atoms with Crippen LogP contribution in [0, 0.1) is 0 Å². The Bertz CT molecular complexity index is 396. The zero-order valence-corrected chi connectivity index (χ0v) is 13.2. The van der Waals surface area contributed by atoms with Crippen LogP contribution in [0.5, 0.6) is 0 Å². The van der Waals surface area contributed by atoms with Gasteiger partial charge in [0.2, 0.25) is 5.91 Å². The zero-order valence-electron chi connectivity index (χ0n) is 10.0. The third-order valence-electron chi connectivity index (χ3n) is 2.64. The molecule has 0 bridgehead atoms. The van der Waals surface area contributed by atoms with Crippen molar-refractivity contribution >= 4 is 45.6 Å². The molecule has 1 aliphatic rings. The van der Waals surface area contributed by atoms with Gasteiger partial charge in [-0.15, -0.1) is 23.7 Å². The fourth-order valence-corrected chi connectivity index (χ4v) is 2.97. The Kier molecular flexibility index (Phi) is 6.59. The number of rotatable bonds is 3. The first kappa shape index (κ1) is 15.9. The van der Waals surface area contributed by atoms with E-state index in [1.54, 1.807) is 16.2 Å². The van der Waals surface area contributed by atoms with Crippen molar-refractivity contribution in [3.05, 3.63) is 20.8 Å². The summed E-state index contributed by atoms with van der Waals surface area (Å²) < 4.78 is 6.38. The maximum Gasteiger partial charge on any atom is 0.242 e. The van der Waals surface area contributed by atoms with Gasteiger partial charge in [0.15, 0.2) is 0 Å². The number of nitrogens with zero attached hydrogens (tertiary/aromatic N) is 1. The number of hydrogen-bond donors (Lipinski definition) is 1. The van der Waals surface area contributed by atoms with Crippen LogP contribution in [0.25, 0.3) is 0 Å². The average molecular weight is 356 g/mol. The number of likely N-dealkylation sites (N-methyl/N-ethyl adjacent to an activating group) is 1. The Morgan fingerprint density at radius 3 is 3.06 bits per heavy atom. The van der Waals surface area contributed by atoms with Gasteiger partial charge in [-0.05, 0) is 32.9 Å². The molecule has 0 spiro atoms. The molecule has 1 amide bonds. The van der Waals surface area contributed by atoms with Crippen molar-refractivity contribution in [1.29, 1.82) is 0 Å². The lowest BCUT2D eigenvalue weighted by Gasteiger charge is -2.27. The summed E-state index contributed by atoms with van der Waals surface area (Å²) in [6.45, 7) is 2.54. The molecule has 1 aromatic heterocycles. The van der Waals surface area contributed by atoms with E-state index in [-0.39, 0.29) is 24.4 Å². The van der Waals surface area contributed by atoms with Crippen molar-refractivity contribution in [1.82, 2.24) is 10.2 Å². The molecule has 2 rings (SSSR count). The molecule has 0 radical (unpaired) electrons. The SMILES string of the molecule is CN(Cc1csc(Br)c1)C(=O)C1COCCN1.Cl. The second-order valence-corrected chi connectivity index (χ2v) is 6.33. The van der Waals surface area contributed by atoms with Crippen molar-refractivity contribution in [3.8, 4) is 0 Å². The summed E-state index contributed by atoms with van der Waals surface area (Å²) in [4.78, 5) is 13.8. The molecule has 1 saturated heterocycles. The molecular formula is C11H16BrClN2O2S. The molecule has 18 heavy (non-hydrogen) atoms. The second-order valence-electron chi connectivity index (χ2n) is 4.03. The van der Waals surface area contributed by atoms with Crippen LogP contribution >= 0.6 is 39.7 Å². The maximum atomic E-state index is 12.1. The number of halogens is 2. The number of carbonyl (C=O) groups is 1. The fraction of sp³-hybridized carbons (Fsp3) is 0.545. The van der Waals surface area contributed by atoms with Gasteiger partial charge in [0, 0.05) is 20.1 Å². The van der Waals surface area contributed by atoms with E-state index in [0.717, 1.165) is 15.9 Å². The smallest absolute Gasteiger partial charge is 0.242 e. The number of carbonyl (C=O) groups excluding carboxylic acids is 1. The molecule has 102 valence electrons. The quantitative estimate of drug-likeness (QED) is 0.900. The van der Waals surface area contributed by atoms with Gasteiger partial charge < -0.3 is 15.0 Å². The Morgan fingerprint density at radius 1 is 1.72 bits per heavy atom. The summed E-state index contributed by atoms with van der Waals surface area (Å²) in [5, 5.41) is 5.22. The number of morpholine rings is 1. The Hall–Kier alpha value is -0.140. The first-order valence-electron chi connectivity index (χ1n) is 5.46. The van der Waals surface area contributed by atoms with Gasteiger partial charge in [0.05, 0.1) is 17.0 Å². The second kappa shape index (κ2) is 7.45. The Balaban J connectivity index is 0.00000162. The third kappa shape index (κ3) is 4.20. The average Bonchev–Trinajstić information content (AvgIpc) is 2.75. The molecule has 0 aromatic carbocycles. The van der Waals surface area contributed by atoms with E-state index < -0.39 is 0 Å². The van der Waals surface area contributed by atoms with Crippen LogP contribution in [-0.2, 0) is 16.1 Å². The molecule has 2 heterocycles. The lowest BCUT2D eigenvalue weighted by atomic mass is 10.2. The number of amides is 1. The minimum Gasteiger partial charge on any atom is -0.378 e. The molecule has 0 aliphatic carbocycles. The summed E-state index contributed by atoms with van der Waals surface area (Å²) in [6.07, 6.45) is 0. The van der Waals surface area contributed by atoms with Crippen LogP contribution in [0.1, 0.15) is 5.56 Å². The molecule has 1 unspecified atom stereocenters. The van der Waals surface area contributed by atoms with Crippen molar-refractivity contribution in [3.63, 3.8) is 0 Å². The monoisotopic (exact) mass is 354 g/mol. The predicted molar refractivity (Wildman–Crippen MR) is 78.4 cm³/mol. The molecular weight excluding hydrogens is 340 g/mol. The Labute approximate surface area is 125 Å². The highest BCUT2D eigenvalue weighted by Crippen LogP contribution is 2.21. The molecule has 1 atom stereocenters. The highest BCUT2D eigenvalue weighted by Gasteiger charge is 2.24. The van der Waals surface area contributed by atoms with E-state index in [9.17, 15) is 4.79 Å². The largest absolute Gasteiger partial charge is 0.378 e. The molecule has 0 saturated carbocycles. The van der Waals surface area contributed by atoms with Gasteiger partial charge in [-0.25, -0.2) is 0 Å². The summed E-state index contributed by atoms with van der Waals surface area (Å²) in [6, 6.07) is 1.84. The van der Waals surface area contributed by atoms with Gasteiger partial charge in [0.25, 0.3) is 0 Å². The normalized spacial score (nSPS) is 19.1. The number of hydrogen-bond acceptors (Lipinski definition) is 4. The standard InChI is InChI=1S/C11H15BrN2O2S.ClH/c1-14(5-8-4-10(12)17-7-8)11(15)9-6-16-3-2-13-9;/h4,7,9,13H,2-3,5-6H2,1H3;1H. The highest BCUT2D eigenvalue weighted by molar-refractivity contribution is 9.11. The van der Waals surface area contributed by atoms with Gasteiger partial charge in [0.1, 0.15) is 6.04 Å². The van der Waals surface area contributed by atoms with Crippen LogP contribution in [0.4, 0.5) is 0 Å². The minimum absolute atomic E-state index is 0. The predicted octanol–water partition coefficient (Wildman–Crippen LogP) is 1.88. The summed E-state index contributed by atoms with van der Waals surface area (Å²) in [5.74, 6) is 0.0898. The number of nitrogens with one attached hydrogen (secondary N) is 1. The van der Waals surface area contributed by atoms with Crippen LogP contribution < -0.4 is 5.32 Å². The zero-order chi connectivity index (χ0) is 12.3. The van der Waals surface area contributed by atoms with Crippen LogP contribution in [0.15, 0.2) is 15.2 Å². The summed E-state index contributed by atoms with van der Waals surface area (Å²) in [7, 11) is 1.82. The number of ether oxygens (including phenoxy) is 1. The summed E-state index contributed by atoms with van der Waals surface area (Å²) >= 11 is 5.05. The van der Waals surface area contributed by atoms with E-state index in [1.807, 2.05) is 13.1 Å². The maximum absolute atomic E-state index is 12.1. The van der Waals surface area contributed by atoms with Crippen molar-refractivity contribution < 1.29 is 9.53 Å². The lowest BCUT2D eigenvalue weighted by molar-refractivity contribution is -0.135. The topological polar surface area (TPSA) is 41.6 Å². The van der Waals surface area contributed by atoms with Crippen molar-refractivity contribution in [2.45, 2.75) is 12.6 Å². The van der Waals surface area contributed by atoms with E-state index in [0.29, 0.717) is 19.8 Å². The lowest BCUT2D eigenvalue weighted by Crippen LogP contribution is -2.51. The van der Waals surface area contributed by atoms with Gasteiger partial charge >= 0.3 is 0 Å². The van der Waals surface area contributed by atoms with Crippen LogP contribution in [0.3, 0.4) is 0 Å². The van der Waals surface area contributed by atoms with Gasteiger partial charge in [-0.3, -0.25) is 4.79 Å². The Morgan fingerprint density at radius 2 is 2.50 bits per heavy atom. The van der Waals surface area contributed by atoms with Crippen molar-refractivity contribution in [2.75, 3.05) is 26.8 Å². The molecule has 1 aliphatic heterocycles. The minimum atomic E-state index is -0.198. The number of thiophene rings is 1. The fourth-order valence-electron chi connectivity index (χ4n) is 1.77. The van der Waals surface area contributed by atoms with E-state index in [2.05, 4.69) is 26.6 Å². The molecule has 7 heteroatoms. The van der Waals surface area contributed by atoms with E-state index >= 15 is 0 Å². The summed E-state index contributed by atoms with van der Waals surface area (Å²) in [5.41, 5.74) is 1.15. The van der Waals surface area contributed by atoms with Crippen LogP contribution in [-0.4, -0.2) is 43.7 Å². The molecule has 1 fully saturated rings. The van der Waals surface area contributed by atoms with Gasteiger partial charge in [-0.1, -0.05) is 0 Å². The first-order chi connectivity index (χ1) is 8.16. The highest BCUT2D eigenvalue weighted by atomic mass is 79.9. The van der Waals surface area contributed by atoms with E-state index in [1.165, 1.54) is 0 Å². The third-order valence-corrected chi connectivity index (χ3v) is 4.19. The molecule has 4 nitrogen and oxygen atoms in total. The van der Waals surface area contributed by atoms with E-state index in [4.69, 9.17) is 4.74 Å². The molecule has 1 N–H and O–H groups in total.